The highest BCUT2D eigenvalue weighted by atomic mass is 16.5. The van der Waals surface area contributed by atoms with Crippen LogP contribution >= 0.6 is 0 Å². The van der Waals surface area contributed by atoms with Gasteiger partial charge in [-0.15, -0.1) is 0 Å². The van der Waals surface area contributed by atoms with E-state index in [0.29, 0.717) is 37.2 Å². The maximum Gasteiger partial charge on any atom is 0.188 e. The largest absolute Gasteiger partial charge is 0.493 e. The third kappa shape index (κ3) is 6.67. The molecule has 6 heteroatoms. The van der Waals surface area contributed by atoms with Gasteiger partial charge in [-0.3, -0.25) is 0 Å². The minimum Gasteiger partial charge on any atom is -0.493 e. The summed E-state index contributed by atoms with van der Waals surface area (Å²) in [6.45, 7) is 1.62. The zero-order chi connectivity index (χ0) is 21.9. The number of benzene rings is 3. The zero-order valence-electron chi connectivity index (χ0n) is 18.0. The molecule has 0 fully saturated rings. The second-order valence-corrected chi connectivity index (χ2v) is 6.95. The van der Waals surface area contributed by atoms with Gasteiger partial charge in [0.1, 0.15) is 12.4 Å². The highest BCUT2D eigenvalue weighted by molar-refractivity contribution is 5.77. The Kier molecular flexibility index (Phi) is 8.17. The van der Waals surface area contributed by atoms with Gasteiger partial charge in [-0.25, -0.2) is 4.99 Å². The predicted molar refractivity (Wildman–Crippen MR) is 124 cm³/mol. The summed E-state index contributed by atoms with van der Waals surface area (Å²) in [5.41, 5.74) is 9.29. The summed E-state index contributed by atoms with van der Waals surface area (Å²) in [4.78, 5) is 4.46. The topological polar surface area (TPSA) is 78.1 Å². The molecule has 0 heterocycles. The lowest BCUT2D eigenvalue weighted by Gasteiger charge is -2.11. The van der Waals surface area contributed by atoms with Crippen molar-refractivity contribution >= 4 is 5.96 Å². The van der Waals surface area contributed by atoms with Crippen LogP contribution in [0, 0.1) is 0 Å². The van der Waals surface area contributed by atoms with Gasteiger partial charge in [-0.05, 0) is 35.7 Å². The first-order chi connectivity index (χ1) is 15.2. The lowest BCUT2D eigenvalue weighted by atomic mass is 10.1. The summed E-state index contributed by atoms with van der Waals surface area (Å²) >= 11 is 0. The molecular formula is C25H29N3O3. The standard InChI is InChI=1S/C25H29N3O3/c1-29-23-13-12-19(16-24(23)30-2)14-15-27-25(26)28-17-21-10-6-7-11-22(21)31-18-20-8-4-3-5-9-20/h3-13,16H,14-15,17-18H2,1-2H3,(H3,26,27,28). The number of guanidine groups is 1. The Balaban J connectivity index is 1.51. The van der Waals surface area contributed by atoms with Crippen molar-refractivity contribution in [3.8, 4) is 17.2 Å². The van der Waals surface area contributed by atoms with Gasteiger partial charge in [0.2, 0.25) is 0 Å². The van der Waals surface area contributed by atoms with Crippen molar-refractivity contribution in [3.63, 3.8) is 0 Å². The number of rotatable bonds is 10. The molecule has 162 valence electrons. The van der Waals surface area contributed by atoms with Crippen LogP contribution in [0.25, 0.3) is 0 Å². The van der Waals surface area contributed by atoms with Gasteiger partial charge in [-0.2, -0.15) is 0 Å². The van der Waals surface area contributed by atoms with Crippen molar-refractivity contribution in [2.75, 3.05) is 20.8 Å². The average Bonchev–Trinajstić information content (AvgIpc) is 2.82. The molecule has 0 amide bonds. The minimum atomic E-state index is 0.401. The van der Waals surface area contributed by atoms with E-state index in [1.54, 1.807) is 14.2 Å². The van der Waals surface area contributed by atoms with Crippen molar-refractivity contribution in [1.29, 1.82) is 0 Å². The molecule has 0 aliphatic carbocycles. The van der Waals surface area contributed by atoms with Gasteiger partial charge in [-0.1, -0.05) is 54.6 Å². The Morgan fingerprint density at radius 2 is 1.58 bits per heavy atom. The monoisotopic (exact) mass is 419 g/mol. The molecule has 3 aromatic carbocycles. The number of hydrogen-bond acceptors (Lipinski definition) is 4. The van der Waals surface area contributed by atoms with E-state index in [9.17, 15) is 0 Å². The normalized spacial score (nSPS) is 11.1. The quantitative estimate of drug-likeness (QED) is 0.385. The van der Waals surface area contributed by atoms with Gasteiger partial charge in [0, 0.05) is 12.1 Å². The fourth-order valence-corrected chi connectivity index (χ4v) is 3.11. The van der Waals surface area contributed by atoms with Crippen LogP contribution in [0.15, 0.2) is 77.8 Å². The second-order valence-electron chi connectivity index (χ2n) is 6.95. The molecule has 0 aromatic heterocycles. The van der Waals surface area contributed by atoms with Crippen molar-refractivity contribution in [2.45, 2.75) is 19.6 Å². The summed E-state index contributed by atoms with van der Waals surface area (Å²) in [6.07, 6.45) is 0.785. The van der Waals surface area contributed by atoms with E-state index < -0.39 is 0 Å². The molecule has 3 N–H and O–H groups in total. The van der Waals surface area contributed by atoms with Gasteiger partial charge in [0.05, 0.1) is 20.8 Å². The summed E-state index contributed by atoms with van der Waals surface area (Å²) in [5, 5.41) is 3.16. The number of nitrogens with zero attached hydrogens (tertiary/aromatic N) is 1. The van der Waals surface area contributed by atoms with E-state index in [1.807, 2.05) is 72.8 Å². The van der Waals surface area contributed by atoms with Gasteiger partial charge < -0.3 is 25.3 Å². The number of nitrogens with two attached hydrogens (primary N) is 1. The number of aliphatic imine (C=N–C) groups is 1. The number of methoxy groups -OCH3 is 2. The summed E-state index contributed by atoms with van der Waals surface area (Å²) in [7, 11) is 3.26. The molecule has 3 rings (SSSR count). The number of ether oxygens (including phenoxy) is 3. The molecule has 0 bridgehead atoms. The smallest absolute Gasteiger partial charge is 0.188 e. The van der Waals surface area contributed by atoms with Crippen molar-refractivity contribution in [1.82, 2.24) is 5.32 Å². The van der Waals surface area contributed by atoms with Crippen molar-refractivity contribution in [3.05, 3.63) is 89.5 Å². The highest BCUT2D eigenvalue weighted by Gasteiger charge is 2.06. The maximum atomic E-state index is 6.06. The lowest BCUT2D eigenvalue weighted by molar-refractivity contribution is 0.303. The molecule has 31 heavy (non-hydrogen) atoms. The van der Waals surface area contributed by atoms with E-state index in [-0.39, 0.29) is 0 Å². The first kappa shape index (κ1) is 22.0. The van der Waals surface area contributed by atoms with Crippen LogP contribution in [0.1, 0.15) is 16.7 Å². The third-order valence-corrected chi connectivity index (χ3v) is 4.80. The van der Waals surface area contributed by atoms with Crippen LogP contribution in [0.3, 0.4) is 0 Å². The number of para-hydroxylation sites is 1. The summed E-state index contributed by atoms with van der Waals surface area (Å²) in [6, 6.07) is 23.8. The molecule has 0 atom stereocenters. The number of nitrogens with one attached hydrogen (secondary N) is 1. The second kappa shape index (κ2) is 11.5. The zero-order valence-corrected chi connectivity index (χ0v) is 18.0. The lowest BCUT2D eigenvalue weighted by Crippen LogP contribution is -2.33. The van der Waals surface area contributed by atoms with Crippen LogP contribution < -0.4 is 25.3 Å². The van der Waals surface area contributed by atoms with E-state index >= 15 is 0 Å². The van der Waals surface area contributed by atoms with E-state index in [0.717, 1.165) is 28.9 Å². The Bertz CT molecular complexity index is 990. The van der Waals surface area contributed by atoms with Crippen LogP contribution in [0.2, 0.25) is 0 Å². The van der Waals surface area contributed by atoms with E-state index in [2.05, 4.69) is 10.3 Å². The first-order valence-corrected chi connectivity index (χ1v) is 10.2. The average molecular weight is 420 g/mol. The fraction of sp³-hybridized carbons (Fsp3) is 0.240. The molecular weight excluding hydrogens is 390 g/mol. The van der Waals surface area contributed by atoms with E-state index in [1.165, 1.54) is 0 Å². The molecule has 0 aliphatic heterocycles. The molecule has 0 spiro atoms. The Morgan fingerprint density at radius 1 is 0.839 bits per heavy atom. The Hall–Kier alpha value is -3.67. The van der Waals surface area contributed by atoms with Crippen LogP contribution in [0.4, 0.5) is 0 Å². The van der Waals surface area contributed by atoms with Gasteiger partial charge in [0.15, 0.2) is 17.5 Å². The molecule has 0 aliphatic rings. The number of hydrogen-bond donors (Lipinski definition) is 2. The van der Waals surface area contributed by atoms with Crippen molar-refractivity contribution in [2.24, 2.45) is 10.7 Å². The maximum absolute atomic E-state index is 6.06. The van der Waals surface area contributed by atoms with Crippen LogP contribution in [-0.4, -0.2) is 26.7 Å². The summed E-state index contributed by atoms with van der Waals surface area (Å²) in [5.74, 6) is 2.65. The van der Waals surface area contributed by atoms with Gasteiger partial charge in [0.25, 0.3) is 0 Å². The fourth-order valence-electron chi connectivity index (χ4n) is 3.11. The summed E-state index contributed by atoms with van der Waals surface area (Å²) < 4.78 is 16.6. The SMILES string of the molecule is COc1ccc(CCNC(N)=NCc2ccccc2OCc2ccccc2)cc1OC. The molecule has 0 radical (unpaired) electrons. The Labute approximate surface area is 183 Å². The highest BCUT2D eigenvalue weighted by Crippen LogP contribution is 2.27. The third-order valence-electron chi connectivity index (χ3n) is 4.80. The van der Waals surface area contributed by atoms with E-state index in [4.69, 9.17) is 19.9 Å². The predicted octanol–water partition coefficient (Wildman–Crippen LogP) is 3.93. The minimum absolute atomic E-state index is 0.401. The van der Waals surface area contributed by atoms with Crippen LogP contribution in [0.5, 0.6) is 17.2 Å². The molecule has 0 saturated carbocycles. The van der Waals surface area contributed by atoms with Crippen LogP contribution in [-0.2, 0) is 19.6 Å². The van der Waals surface area contributed by atoms with Crippen molar-refractivity contribution < 1.29 is 14.2 Å². The van der Waals surface area contributed by atoms with Gasteiger partial charge >= 0.3 is 0 Å². The molecule has 0 saturated heterocycles. The molecule has 3 aromatic rings. The Morgan fingerprint density at radius 3 is 2.35 bits per heavy atom. The molecule has 6 nitrogen and oxygen atoms in total. The first-order valence-electron chi connectivity index (χ1n) is 10.2. The molecule has 0 unspecified atom stereocenters.